The van der Waals surface area contributed by atoms with Crippen molar-refractivity contribution in [1.29, 1.82) is 0 Å². The molecule has 0 N–H and O–H groups in total. The van der Waals surface area contributed by atoms with Crippen LogP contribution in [-0.2, 0) is 57.5 Å². The van der Waals surface area contributed by atoms with Crippen LogP contribution in [0.1, 0.15) is 157 Å². The summed E-state index contributed by atoms with van der Waals surface area (Å²) in [7, 11) is 0. The lowest BCUT2D eigenvalue weighted by atomic mass is 10.1. The van der Waals surface area contributed by atoms with Crippen molar-refractivity contribution in [2.75, 3.05) is 39.3 Å². The Kier molecular flexibility index (Phi) is 26.7. The number of hydrogen-bond acceptors (Lipinski definition) is 12. The van der Waals surface area contributed by atoms with Gasteiger partial charge >= 0.3 is 0 Å². The Bertz CT molecular complexity index is 2290. The molecule has 6 aliphatic heterocycles. The minimum atomic E-state index is -0.190. The number of carbonyl (C=O) groups excluding carboxylic acids is 12. The maximum absolute atomic E-state index is 11.6. The molecule has 12 amide bonds. The van der Waals surface area contributed by atoms with E-state index in [4.69, 9.17) is 0 Å². The van der Waals surface area contributed by atoms with E-state index in [9.17, 15) is 57.5 Å². The summed E-state index contributed by atoms with van der Waals surface area (Å²) in [5, 5.41) is 0. The van der Waals surface area contributed by atoms with Crippen LogP contribution in [0, 0.1) is 0 Å². The van der Waals surface area contributed by atoms with E-state index in [1.165, 1.54) is 41.6 Å². The third-order valence-electron chi connectivity index (χ3n) is 12.0. The molecule has 6 aliphatic rings. The minimum absolute atomic E-state index is 0. The van der Waals surface area contributed by atoms with Crippen LogP contribution in [0.15, 0.2) is 67.9 Å². The number of carbonyl (C=O) groups is 12. The van der Waals surface area contributed by atoms with E-state index in [0.29, 0.717) is 101 Å². The molecule has 18 heteroatoms. The second kappa shape index (κ2) is 29.5. The zero-order valence-corrected chi connectivity index (χ0v) is 44.2. The lowest BCUT2D eigenvalue weighted by molar-refractivity contribution is -0.139. The van der Waals surface area contributed by atoms with Crippen LogP contribution >= 0.6 is 0 Å². The molecule has 0 aromatic rings. The zero-order valence-electron chi connectivity index (χ0n) is 44.2. The van der Waals surface area contributed by atoms with Crippen LogP contribution in [0.3, 0.4) is 0 Å². The van der Waals surface area contributed by atoms with Gasteiger partial charge in [-0.25, -0.2) is 0 Å². The van der Waals surface area contributed by atoms with Crippen molar-refractivity contribution < 1.29 is 57.5 Å². The summed E-state index contributed by atoms with van der Waals surface area (Å²) in [6.07, 6.45) is 7.74. The fraction of sp³-hybridized carbons (Fsp3) is 0.547. The summed E-state index contributed by atoms with van der Waals surface area (Å²) in [6, 6.07) is 0. The van der Waals surface area contributed by atoms with Gasteiger partial charge in [-0.15, -0.1) is 0 Å². The predicted octanol–water partition coefficient (Wildman–Crippen LogP) is 6.47. The molecule has 0 bridgehead atoms. The molecular weight excluding hydrogens is 913 g/mol. The average molecular weight is 991 g/mol. The second-order valence-electron chi connectivity index (χ2n) is 17.0. The van der Waals surface area contributed by atoms with Crippen molar-refractivity contribution in [3.05, 3.63) is 67.9 Å². The summed E-state index contributed by atoms with van der Waals surface area (Å²) in [5.74, 6) is -1.63. The molecule has 6 rings (SSSR count). The molecule has 0 fully saturated rings. The largest absolute Gasteiger partial charge is 0.275 e. The third kappa shape index (κ3) is 15.4. The topological polar surface area (TPSA) is 224 Å². The molecule has 0 aromatic carbocycles. The van der Waals surface area contributed by atoms with Gasteiger partial charge in [0.15, 0.2) is 0 Å². The average Bonchev–Trinajstić information content (AvgIpc) is 3.99. The van der Waals surface area contributed by atoms with Crippen LogP contribution in [0.5, 0.6) is 0 Å². The van der Waals surface area contributed by atoms with Gasteiger partial charge in [0.1, 0.15) is 0 Å². The monoisotopic (exact) mass is 991 g/mol. The smallest absolute Gasteiger partial charge is 0.257 e. The van der Waals surface area contributed by atoms with Crippen LogP contribution in [0.2, 0.25) is 0 Å². The van der Waals surface area contributed by atoms with Crippen molar-refractivity contribution in [3.8, 4) is 0 Å². The standard InChI is InChI=1S/2C10H15NO2.C9H13NO2.2C8H11NO2.C7H9NO2.CH4/c1-4-5-6-11-9(12)7(2)8(3)10(11)13;1-4-6-11-9(12)7(3)8(5-2)10(11)13;1-4-5-10-8(11)6(2)7(3)9(10)12;1-4-9-7(10)5(2)6(3)8(9)11;1-3-4-9-7(10)5-6(2)8(9)11;1-3-8-6(9)4-5(2)7(8)10;/h2*4-6H2,1-3H3;4-5H2,1-3H3;4H2,1-3H3;5H,3-4H2,1-2H3;4H,3H2,1-2H3;1H4. The Hall–Kier alpha value is -6.72. The first-order valence-corrected chi connectivity index (χ1v) is 24.0. The Morgan fingerprint density at radius 1 is 0.310 bits per heavy atom. The second-order valence-corrected chi connectivity index (χ2v) is 17.0. The molecule has 0 spiro atoms. The number of amides is 12. The van der Waals surface area contributed by atoms with Gasteiger partial charge in [0.05, 0.1) is 0 Å². The van der Waals surface area contributed by atoms with E-state index in [0.717, 1.165) is 32.1 Å². The van der Waals surface area contributed by atoms with Crippen LogP contribution in [0.25, 0.3) is 0 Å². The lowest BCUT2D eigenvalue weighted by Crippen LogP contribution is -2.32. The quantitative estimate of drug-likeness (QED) is 0.192. The zero-order chi connectivity index (χ0) is 54.1. The first-order valence-electron chi connectivity index (χ1n) is 24.0. The fourth-order valence-electron chi connectivity index (χ4n) is 7.29. The third-order valence-corrected chi connectivity index (χ3v) is 12.0. The number of likely N-dealkylation sites (N-methyl/N-ethyl adjacent to an activating group) is 2. The number of hydrogen-bond donors (Lipinski definition) is 0. The Morgan fingerprint density at radius 2 is 0.592 bits per heavy atom. The van der Waals surface area contributed by atoms with E-state index >= 15 is 0 Å². The fourth-order valence-corrected chi connectivity index (χ4v) is 7.29. The molecule has 0 aliphatic carbocycles. The van der Waals surface area contributed by atoms with Gasteiger partial charge in [-0.2, -0.15) is 0 Å². The molecule has 0 radical (unpaired) electrons. The van der Waals surface area contributed by atoms with Crippen LogP contribution < -0.4 is 0 Å². The molecular formula is C53H78N6O12. The van der Waals surface area contributed by atoms with Gasteiger partial charge < -0.3 is 0 Å². The number of nitrogens with zero attached hydrogens (tertiary/aromatic N) is 6. The van der Waals surface area contributed by atoms with Crippen molar-refractivity contribution in [3.63, 3.8) is 0 Å². The normalized spacial score (nSPS) is 17.7. The summed E-state index contributed by atoms with van der Waals surface area (Å²) in [4.78, 5) is 143. The van der Waals surface area contributed by atoms with Gasteiger partial charge in [-0.1, -0.05) is 48.5 Å². The van der Waals surface area contributed by atoms with E-state index < -0.39 is 0 Å². The molecule has 6 heterocycles. The highest BCUT2D eigenvalue weighted by Gasteiger charge is 2.35. The maximum atomic E-state index is 11.6. The van der Waals surface area contributed by atoms with Gasteiger partial charge in [0, 0.05) is 107 Å². The van der Waals surface area contributed by atoms with E-state index in [1.54, 1.807) is 76.2 Å². The van der Waals surface area contributed by atoms with Crippen LogP contribution in [0.4, 0.5) is 0 Å². The Morgan fingerprint density at radius 3 is 0.831 bits per heavy atom. The Balaban J connectivity index is 0.000000828. The summed E-state index contributed by atoms with van der Waals surface area (Å²) >= 11 is 0. The molecule has 0 unspecified atom stereocenters. The molecule has 392 valence electrons. The molecule has 0 saturated carbocycles. The van der Waals surface area contributed by atoms with Crippen molar-refractivity contribution >= 4 is 70.9 Å². The van der Waals surface area contributed by atoms with Crippen molar-refractivity contribution in [1.82, 2.24) is 29.4 Å². The number of unbranched alkanes of at least 4 members (excludes halogenated alkanes) is 1. The highest BCUT2D eigenvalue weighted by molar-refractivity contribution is 6.21. The molecule has 18 nitrogen and oxygen atoms in total. The number of rotatable bonds is 12. The summed E-state index contributed by atoms with van der Waals surface area (Å²) < 4.78 is 0. The number of imide groups is 6. The highest BCUT2D eigenvalue weighted by atomic mass is 16.2. The van der Waals surface area contributed by atoms with E-state index in [-0.39, 0.29) is 78.3 Å². The first kappa shape index (κ1) is 64.3. The minimum Gasteiger partial charge on any atom is -0.275 e. The molecule has 71 heavy (non-hydrogen) atoms. The molecule has 0 aromatic heterocycles. The van der Waals surface area contributed by atoms with E-state index in [2.05, 4.69) is 0 Å². The summed E-state index contributed by atoms with van der Waals surface area (Å²) in [6.45, 7) is 31.7. The van der Waals surface area contributed by atoms with E-state index in [1.807, 2.05) is 34.6 Å². The SMILES string of the molecule is C.CCCCN1C(=O)C(C)=C(C)C1=O.CCCN1C(=O)C(C)=C(C)C1=O.CCCN1C(=O)C(C)=C(CC)C1=O.CCCN1C(=O)C=C(C)C1=O.CCN1C(=O)C(C)=C(C)C1=O.CCN1C(=O)C=C(C)C1=O. The van der Waals surface area contributed by atoms with Gasteiger partial charge in [-0.3, -0.25) is 86.9 Å². The maximum Gasteiger partial charge on any atom is 0.257 e. The van der Waals surface area contributed by atoms with Gasteiger partial charge in [-0.05, 0) is 108 Å². The van der Waals surface area contributed by atoms with Gasteiger partial charge in [0.25, 0.3) is 70.9 Å². The predicted molar refractivity (Wildman–Crippen MR) is 270 cm³/mol. The highest BCUT2D eigenvalue weighted by Crippen LogP contribution is 2.24. The summed E-state index contributed by atoms with van der Waals surface area (Å²) in [5.41, 5.74) is 5.92. The van der Waals surface area contributed by atoms with Crippen molar-refractivity contribution in [2.24, 2.45) is 0 Å². The van der Waals surface area contributed by atoms with Crippen molar-refractivity contribution in [2.45, 2.75) is 157 Å². The Labute approximate surface area is 420 Å². The lowest BCUT2D eigenvalue weighted by Gasteiger charge is -2.13. The molecule has 0 saturated heterocycles. The van der Waals surface area contributed by atoms with Crippen LogP contribution in [-0.4, -0.2) is 140 Å². The molecule has 0 atom stereocenters. The van der Waals surface area contributed by atoms with Gasteiger partial charge in [0.2, 0.25) is 0 Å². The first-order chi connectivity index (χ1) is 32.7.